The molecule has 1 unspecified atom stereocenters. The zero-order valence-corrected chi connectivity index (χ0v) is 20.6. The number of hydrogen-bond donors (Lipinski definition) is 3. The van der Waals surface area contributed by atoms with E-state index in [9.17, 15) is 29.7 Å². The molecule has 4 fully saturated rings. The van der Waals surface area contributed by atoms with E-state index in [1.54, 1.807) is 12.2 Å². The number of carboxylic acids is 1. The van der Waals surface area contributed by atoms with Gasteiger partial charge in [0.1, 0.15) is 17.3 Å². The Bertz CT molecular complexity index is 1040. The summed E-state index contributed by atoms with van der Waals surface area (Å²) in [5, 5.41) is 32.2. The summed E-state index contributed by atoms with van der Waals surface area (Å²) in [4.78, 5) is 37.2. The summed E-state index contributed by atoms with van der Waals surface area (Å²) in [6, 6.07) is 0. The van der Waals surface area contributed by atoms with Crippen LogP contribution >= 0.6 is 0 Å². The summed E-state index contributed by atoms with van der Waals surface area (Å²) in [6.07, 6.45) is 5.73. The molecule has 9 atom stereocenters. The van der Waals surface area contributed by atoms with Crippen LogP contribution in [0.15, 0.2) is 23.8 Å². The monoisotopic (exact) mass is 472 g/mol. The van der Waals surface area contributed by atoms with Gasteiger partial charge in [-0.1, -0.05) is 25.5 Å². The third-order valence-electron chi connectivity index (χ3n) is 10.4. The standard InChI is InChI=1S/C27H36O7/c1-14-11-26(33,21(30)18(29)12-23(2,3)22(31)32)25(5)13-19-27(34-19)17(20(14)25)7-6-15-10-16(28)8-9-24(15,27)4/h8-10,14,17-20,29,33H,6-7,11-13H2,1-5H3,(H,31,32)/t14-,17-,18?,19-,20-,24-,25-,26-,27+/m0/s1. The van der Waals surface area contributed by atoms with Gasteiger partial charge in [-0.2, -0.15) is 0 Å². The number of ketones is 2. The highest BCUT2D eigenvalue weighted by molar-refractivity contribution is 6.01. The number of aliphatic hydroxyl groups excluding tert-OH is 1. The number of allylic oxidation sites excluding steroid dienone is 2. The number of ether oxygens (including phenoxy) is 1. The Hall–Kier alpha value is -1.83. The van der Waals surface area contributed by atoms with Crippen molar-refractivity contribution in [3.63, 3.8) is 0 Å². The quantitative estimate of drug-likeness (QED) is 0.526. The summed E-state index contributed by atoms with van der Waals surface area (Å²) in [7, 11) is 0. The Balaban J connectivity index is 1.49. The van der Waals surface area contributed by atoms with Gasteiger partial charge in [0, 0.05) is 10.8 Å². The molecule has 0 radical (unpaired) electrons. The van der Waals surface area contributed by atoms with E-state index in [2.05, 4.69) is 13.8 Å². The highest BCUT2D eigenvalue weighted by atomic mass is 16.6. The topological polar surface area (TPSA) is 124 Å². The average molecular weight is 473 g/mol. The van der Waals surface area contributed by atoms with Crippen molar-refractivity contribution in [2.75, 3.05) is 0 Å². The summed E-state index contributed by atoms with van der Waals surface area (Å²) in [5.74, 6) is -1.62. The van der Waals surface area contributed by atoms with Crippen LogP contribution in [-0.2, 0) is 19.1 Å². The Labute approximate surface area is 200 Å². The SMILES string of the molecule is C[C@H]1C[C@](O)(C(=O)C(O)CC(C)(C)C(=O)O)[C@@]2(C)C[C@@H]3O[C@]34[C@@H](CCC3=CC(=O)C=C[C@@]34C)[C@H]12. The molecule has 1 aliphatic heterocycles. The number of carbonyl (C=O) groups excluding carboxylic acids is 2. The zero-order chi connectivity index (χ0) is 25.1. The van der Waals surface area contributed by atoms with Gasteiger partial charge in [-0.15, -0.1) is 0 Å². The molecule has 0 aromatic carbocycles. The van der Waals surface area contributed by atoms with Crippen molar-refractivity contribution in [1.82, 2.24) is 0 Å². The number of hydrogen-bond acceptors (Lipinski definition) is 6. The van der Waals surface area contributed by atoms with Crippen LogP contribution in [0.25, 0.3) is 0 Å². The molecule has 1 heterocycles. The number of fused-ring (bicyclic) bond motifs is 3. The molecule has 0 bridgehead atoms. The molecule has 5 rings (SSSR count). The van der Waals surface area contributed by atoms with Gasteiger partial charge in [0.2, 0.25) is 0 Å². The minimum Gasteiger partial charge on any atom is -0.481 e. The Morgan fingerprint density at radius 3 is 2.59 bits per heavy atom. The highest BCUT2D eigenvalue weighted by Crippen LogP contribution is 2.76. The predicted octanol–water partition coefficient (Wildman–Crippen LogP) is 2.83. The number of Topliss-reactive ketones (excluding diaryl/α,β-unsaturated/α-hetero) is 1. The van der Waals surface area contributed by atoms with E-state index in [4.69, 9.17) is 4.74 Å². The summed E-state index contributed by atoms with van der Waals surface area (Å²) >= 11 is 0. The normalized spacial score (nSPS) is 47.6. The Morgan fingerprint density at radius 2 is 1.94 bits per heavy atom. The second-order valence-corrected chi connectivity index (χ2v) is 12.6. The number of carboxylic acid groups (broad SMARTS) is 1. The van der Waals surface area contributed by atoms with Crippen molar-refractivity contribution < 1.29 is 34.4 Å². The molecule has 7 nitrogen and oxygen atoms in total. The maximum Gasteiger partial charge on any atom is 0.309 e. The predicted molar refractivity (Wildman–Crippen MR) is 123 cm³/mol. The maximum atomic E-state index is 13.6. The third-order valence-corrected chi connectivity index (χ3v) is 10.4. The van der Waals surface area contributed by atoms with Crippen LogP contribution in [0.4, 0.5) is 0 Å². The van der Waals surface area contributed by atoms with Crippen LogP contribution in [0.1, 0.15) is 66.7 Å². The van der Waals surface area contributed by atoms with Crippen molar-refractivity contribution in [2.24, 2.45) is 34.0 Å². The lowest BCUT2D eigenvalue weighted by atomic mass is 9.46. The molecule has 1 spiro atoms. The van der Waals surface area contributed by atoms with Gasteiger partial charge >= 0.3 is 5.97 Å². The number of aliphatic carboxylic acids is 1. The van der Waals surface area contributed by atoms with Crippen LogP contribution in [0.5, 0.6) is 0 Å². The second kappa shape index (κ2) is 6.89. The van der Waals surface area contributed by atoms with E-state index in [-0.39, 0.29) is 47.9 Å². The van der Waals surface area contributed by atoms with Crippen molar-refractivity contribution in [2.45, 2.75) is 90.1 Å². The Kier molecular flexibility index (Phi) is 4.84. The minimum absolute atomic E-state index is 0.00397. The first-order chi connectivity index (χ1) is 15.6. The largest absolute Gasteiger partial charge is 0.481 e. The molecule has 1 saturated heterocycles. The number of epoxide rings is 1. The van der Waals surface area contributed by atoms with Crippen molar-refractivity contribution in [3.8, 4) is 0 Å². The van der Waals surface area contributed by atoms with Crippen molar-refractivity contribution in [1.29, 1.82) is 0 Å². The molecular formula is C27H36O7. The second-order valence-electron chi connectivity index (χ2n) is 12.6. The van der Waals surface area contributed by atoms with Gasteiger partial charge in [-0.25, -0.2) is 0 Å². The van der Waals surface area contributed by atoms with Gasteiger partial charge < -0.3 is 20.1 Å². The van der Waals surface area contributed by atoms with Crippen LogP contribution in [0.2, 0.25) is 0 Å². The van der Waals surface area contributed by atoms with Crippen molar-refractivity contribution in [3.05, 3.63) is 23.8 Å². The van der Waals surface area contributed by atoms with Gasteiger partial charge in [0.15, 0.2) is 11.6 Å². The molecule has 34 heavy (non-hydrogen) atoms. The summed E-state index contributed by atoms with van der Waals surface area (Å²) in [6.45, 7) is 9.10. The van der Waals surface area contributed by atoms with Crippen LogP contribution in [0.3, 0.4) is 0 Å². The number of carbonyl (C=O) groups is 3. The first kappa shape index (κ1) is 23.9. The van der Waals surface area contributed by atoms with Crippen molar-refractivity contribution >= 4 is 17.5 Å². The molecule has 7 heteroatoms. The van der Waals surface area contributed by atoms with Gasteiger partial charge in [0.05, 0.1) is 11.5 Å². The molecular weight excluding hydrogens is 436 g/mol. The molecule has 186 valence electrons. The highest BCUT2D eigenvalue weighted by Gasteiger charge is 2.82. The van der Waals surface area contributed by atoms with Crippen LogP contribution < -0.4 is 0 Å². The van der Waals surface area contributed by atoms with Gasteiger partial charge in [-0.05, 0) is 82.8 Å². The molecule has 0 aromatic rings. The fourth-order valence-corrected chi connectivity index (χ4v) is 8.55. The lowest BCUT2D eigenvalue weighted by Crippen LogP contribution is -2.62. The lowest BCUT2D eigenvalue weighted by molar-refractivity contribution is -0.168. The van der Waals surface area contributed by atoms with Crippen LogP contribution in [-0.4, -0.2) is 56.3 Å². The first-order valence-electron chi connectivity index (χ1n) is 12.4. The molecule has 4 aliphatic carbocycles. The van der Waals surface area contributed by atoms with Gasteiger partial charge in [-0.3, -0.25) is 14.4 Å². The van der Waals surface area contributed by atoms with E-state index >= 15 is 0 Å². The van der Waals surface area contributed by atoms with Gasteiger partial charge in [0.25, 0.3) is 0 Å². The van der Waals surface area contributed by atoms with Crippen LogP contribution in [0, 0.1) is 34.0 Å². The summed E-state index contributed by atoms with van der Waals surface area (Å²) < 4.78 is 6.51. The fourth-order valence-electron chi connectivity index (χ4n) is 8.55. The molecule has 3 saturated carbocycles. The smallest absolute Gasteiger partial charge is 0.309 e. The number of rotatable bonds is 5. The summed E-state index contributed by atoms with van der Waals surface area (Å²) in [5.41, 5.74) is -3.55. The first-order valence-corrected chi connectivity index (χ1v) is 12.4. The molecule has 5 aliphatic rings. The Morgan fingerprint density at radius 1 is 1.26 bits per heavy atom. The van der Waals surface area contributed by atoms with E-state index < -0.39 is 39.9 Å². The fraction of sp³-hybridized carbons (Fsp3) is 0.741. The maximum absolute atomic E-state index is 13.6. The van der Waals surface area contributed by atoms with E-state index in [0.29, 0.717) is 6.42 Å². The van der Waals surface area contributed by atoms with E-state index in [1.165, 1.54) is 13.8 Å². The van der Waals surface area contributed by atoms with E-state index in [1.807, 2.05) is 13.0 Å². The minimum atomic E-state index is -1.75. The number of aliphatic hydroxyl groups is 2. The average Bonchev–Trinajstić information content (AvgIpc) is 3.42. The third kappa shape index (κ3) is 2.72. The lowest BCUT2D eigenvalue weighted by Gasteiger charge is -2.56. The molecule has 3 N–H and O–H groups in total. The molecule has 0 aromatic heterocycles. The van der Waals surface area contributed by atoms with E-state index in [0.717, 1.165) is 18.4 Å². The zero-order valence-electron chi connectivity index (χ0n) is 20.6. The molecule has 0 amide bonds.